The molecule has 0 unspecified atom stereocenters. The number of nitrogens with two attached hydrogens (primary N) is 1. The van der Waals surface area contributed by atoms with E-state index in [-0.39, 0.29) is 12.0 Å². The van der Waals surface area contributed by atoms with E-state index in [0.29, 0.717) is 17.0 Å². The summed E-state index contributed by atoms with van der Waals surface area (Å²) in [5.74, 6) is 0.611. The Morgan fingerprint density at radius 1 is 1.20 bits per heavy atom. The predicted octanol–water partition coefficient (Wildman–Crippen LogP) is 3.07. The molecule has 1 aromatic carbocycles. The maximum absolute atomic E-state index is 12.0. The number of hydrogen-bond acceptors (Lipinski definition) is 3. The normalized spacial score (nSPS) is 16.5. The van der Waals surface area contributed by atoms with Gasteiger partial charge >= 0.3 is 0 Å². The van der Waals surface area contributed by atoms with Crippen molar-refractivity contribution >= 4 is 11.6 Å². The lowest BCUT2D eigenvalue weighted by molar-refractivity contribution is 0.0826. The lowest BCUT2D eigenvalue weighted by atomic mass is 10.1. The molecular weight excluding hydrogens is 252 g/mol. The van der Waals surface area contributed by atoms with Gasteiger partial charge in [-0.3, -0.25) is 4.79 Å². The Labute approximate surface area is 120 Å². The fourth-order valence-electron chi connectivity index (χ4n) is 2.57. The molecule has 1 fully saturated rings. The molecule has 0 atom stereocenters. The van der Waals surface area contributed by atoms with Crippen LogP contribution >= 0.6 is 0 Å². The van der Waals surface area contributed by atoms with E-state index in [2.05, 4.69) is 0 Å². The van der Waals surface area contributed by atoms with E-state index in [1.807, 2.05) is 0 Å². The van der Waals surface area contributed by atoms with Crippen LogP contribution in [-0.4, -0.2) is 31.0 Å². The molecule has 0 radical (unpaired) electrons. The predicted molar refractivity (Wildman–Crippen MR) is 81.0 cm³/mol. The monoisotopic (exact) mass is 276 g/mol. The molecule has 4 heteroatoms. The number of benzene rings is 1. The Morgan fingerprint density at radius 3 is 2.45 bits per heavy atom. The third-order valence-corrected chi connectivity index (χ3v) is 3.76. The number of nitrogen functional groups attached to an aromatic ring is 1. The van der Waals surface area contributed by atoms with E-state index in [1.54, 1.807) is 37.2 Å². The summed E-state index contributed by atoms with van der Waals surface area (Å²) >= 11 is 0. The largest absolute Gasteiger partial charge is 0.488 e. The second-order valence-electron chi connectivity index (χ2n) is 5.68. The van der Waals surface area contributed by atoms with Crippen LogP contribution in [0.4, 0.5) is 5.69 Å². The molecule has 0 heterocycles. The number of ether oxygens (including phenoxy) is 1. The molecule has 1 aromatic rings. The number of anilines is 1. The Kier molecular flexibility index (Phi) is 4.88. The lowest BCUT2D eigenvalue weighted by Gasteiger charge is -2.19. The summed E-state index contributed by atoms with van der Waals surface area (Å²) in [6.45, 7) is 0. The highest BCUT2D eigenvalue weighted by molar-refractivity contribution is 5.94. The molecule has 4 nitrogen and oxygen atoms in total. The van der Waals surface area contributed by atoms with Crippen LogP contribution in [-0.2, 0) is 0 Å². The van der Waals surface area contributed by atoms with Gasteiger partial charge in [-0.1, -0.05) is 12.8 Å². The summed E-state index contributed by atoms with van der Waals surface area (Å²) < 4.78 is 6.04. The van der Waals surface area contributed by atoms with Gasteiger partial charge in [0.25, 0.3) is 5.91 Å². The van der Waals surface area contributed by atoms with Gasteiger partial charge in [-0.2, -0.15) is 0 Å². The highest BCUT2D eigenvalue weighted by Gasteiger charge is 2.17. The first kappa shape index (κ1) is 14.7. The topological polar surface area (TPSA) is 55.6 Å². The maximum atomic E-state index is 12.0. The van der Waals surface area contributed by atoms with Crippen molar-refractivity contribution in [2.75, 3.05) is 19.8 Å². The summed E-state index contributed by atoms with van der Waals surface area (Å²) in [6, 6.07) is 5.27. The first-order valence-electron chi connectivity index (χ1n) is 7.36. The molecule has 1 amide bonds. The van der Waals surface area contributed by atoms with Crippen LogP contribution in [0, 0.1) is 0 Å². The summed E-state index contributed by atoms with van der Waals surface area (Å²) in [5.41, 5.74) is 7.19. The number of rotatable bonds is 3. The second-order valence-corrected chi connectivity index (χ2v) is 5.68. The minimum Gasteiger partial charge on any atom is -0.488 e. The van der Waals surface area contributed by atoms with Gasteiger partial charge in [0.2, 0.25) is 0 Å². The Balaban J connectivity index is 2.13. The molecular formula is C16H24N2O2. The average Bonchev–Trinajstić information content (AvgIpc) is 2.69. The van der Waals surface area contributed by atoms with Gasteiger partial charge in [0.15, 0.2) is 0 Å². The molecule has 20 heavy (non-hydrogen) atoms. The molecule has 0 aliphatic heterocycles. The van der Waals surface area contributed by atoms with Crippen molar-refractivity contribution in [3.8, 4) is 5.75 Å². The molecule has 110 valence electrons. The summed E-state index contributed by atoms with van der Waals surface area (Å²) in [5, 5.41) is 0. The Hall–Kier alpha value is -1.71. The first-order valence-corrected chi connectivity index (χ1v) is 7.36. The van der Waals surface area contributed by atoms with Gasteiger partial charge in [0.05, 0.1) is 11.8 Å². The van der Waals surface area contributed by atoms with Crippen molar-refractivity contribution in [2.24, 2.45) is 0 Å². The third-order valence-electron chi connectivity index (χ3n) is 3.76. The molecule has 1 aliphatic carbocycles. The quantitative estimate of drug-likeness (QED) is 0.682. The number of hydrogen-bond donors (Lipinski definition) is 1. The molecule has 0 bridgehead atoms. The van der Waals surface area contributed by atoms with Crippen molar-refractivity contribution in [3.05, 3.63) is 23.8 Å². The summed E-state index contributed by atoms with van der Waals surface area (Å²) in [4.78, 5) is 13.5. The number of amides is 1. The zero-order valence-electron chi connectivity index (χ0n) is 12.4. The summed E-state index contributed by atoms with van der Waals surface area (Å²) in [6.07, 6.45) is 7.37. The van der Waals surface area contributed by atoms with Crippen LogP contribution in [0.15, 0.2) is 18.2 Å². The molecule has 0 spiro atoms. The van der Waals surface area contributed by atoms with E-state index in [1.165, 1.54) is 25.7 Å². The molecule has 1 aliphatic rings. The van der Waals surface area contributed by atoms with E-state index in [9.17, 15) is 4.79 Å². The molecule has 2 N–H and O–H groups in total. The van der Waals surface area contributed by atoms with Crippen LogP contribution in [0.3, 0.4) is 0 Å². The molecule has 2 rings (SSSR count). The highest BCUT2D eigenvalue weighted by atomic mass is 16.5. The SMILES string of the molecule is CN(C)C(=O)c1ccc(N)c(OC2CCCCCC2)c1. The smallest absolute Gasteiger partial charge is 0.253 e. The van der Waals surface area contributed by atoms with Gasteiger partial charge in [-0.05, 0) is 43.9 Å². The standard InChI is InChI=1S/C16H24N2O2/c1-18(2)16(19)12-9-10-14(17)15(11-12)20-13-7-5-3-4-6-8-13/h9-11,13H,3-8,17H2,1-2H3. The van der Waals surface area contributed by atoms with Crippen LogP contribution < -0.4 is 10.5 Å². The molecule has 0 aromatic heterocycles. The van der Waals surface area contributed by atoms with Crippen molar-refractivity contribution < 1.29 is 9.53 Å². The van der Waals surface area contributed by atoms with E-state index < -0.39 is 0 Å². The number of nitrogens with zero attached hydrogens (tertiary/aromatic N) is 1. The number of carbonyl (C=O) groups excluding carboxylic acids is 1. The summed E-state index contributed by atoms with van der Waals surface area (Å²) in [7, 11) is 3.48. The fraction of sp³-hybridized carbons (Fsp3) is 0.562. The van der Waals surface area contributed by atoms with Crippen molar-refractivity contribution in [2.45, 2.75) is 44.6 Å². The van der Waals surface area contributed by atoms with Crippen molar-refractivity contribution in [1.82, 2.24) is 4.90 Å². The van der Waals surface area contributed by atoms with Crippen LogP contribution in [0.5, 0.6) is 5.75 Å². The van der Waals surface area contributed by atoms with E-state index in [4.69, 9.17) is 10.5 Å². The lowest BCUT2D eigenvalue weighted by Crippen LogP contribution is -2.22. The van der Waals surface area contributed by atoms with Crippen LogP contribution in [0.25, 0.3) is 0 Å². The van der Waals surface area contributed by atoms with Gasteiger partial charge in [0, 0.05) is 19.7 Å². The Bertz CT molecular complexity index is 464. The average molecular weight is 276 g/mol. The minimum absolute atomic E-state index is 0.0317. The zero-order valence-corrected chi connectivity index (χ0v) is 12.4. The first-order chi connectivity index (χ1) is 9.58. The fourth-order valence-corrected chi connectivity index (χ4v) is 2.57. The van der Waals surface area contributed by atoms with Gasteiger partial charge in [-0.15, -0.1) is 0 Å². The van der Waals surface area contributed by atoms with Crippen molar-refractivity contribution in [1.29, 1.82) is 0 Å². The van der Waals surface area contributed by atoms with Gasteiger partial charge in [-0.25, -0.2) is 0 Å². The molecule has 0 saturated heterocycles. The zero-order chi connectivity index (χ0) is 14.5. The van der Waals surface area contributed by atoms with E-state index >= 15 is 0 Å². The Morgan fingerprint density at radius 2 is 1.85 bits per heavy atom. The van der Waals surface area contributed by atoms with E-state index in [0.717, 1.165) is 12.8 Å². The third kappa shape index (κ3) is 3.65. The minimum atomic E-state index is -0.0317. The maximum Gasteiger partial charge on any atom is 0.253 e. The highest BCUT2D eigenvalue weighted by Crippen LogP contribution is 2.28. The van der Waals surface area contributed by atoms with Crippen LogP contribution in [0.1, 0.15) is 48.9 Å². The number of carbonyl (C=O) groups is 1. The van der Waals surface area contributed by atoms with Gasteiger partial charge in [0.1, 0.15) is 5.75 Å². The van der Waals surface area contributed by atoms with Gasteiger partial charge < -0.3 is 15.4 Å². The second kappa shape index (κ2) is 6.64. The van der Waals surface area contributed by atoms with Crippen LogP contribution in [0.2, 0.25) is 0 Å². The molecule has 1 saturated carbocycles. The van der Waals surface area contributed by atoms with Crippen molar-refractivity contribution in [3.63, 3.8) is 0 Å².